The maximum Gasteiger partial charge on any atom is 0.160 e. The lowest BCUT2D eigenvalue weighted by Crippen LogP contribution is -1.82. The Hall–Kier alpha value is -2.42. The maximum absolute atomic E-state index is 10.4. The molecule has 0 saturated heterocycles. The van der Waals surface area contributed by atoms with Crippen molar-refractivity contribution in [2.75, 3.05) is 0 Å². The molecular formula is C10H3N3OS. The predicted octanol–water partition coefficient (Wildman–Crippen LogP) is 1.60. The summed E-state index contributed by atoms with van der Waals surface area (Å²) in [7, 11) is 0. The summed E-state index contributed by atoms with van der Waals surface area (Å²) in [5.41, 5.74) is 0.395. The Morgan fingerprint density at radius 3 is 2.53 bits per heavy atom. The van der Waals surface area contributed by atoms with E-state index in [1.165, 1.54) is 11.5 Å². The molecule has 0 fully saturated rings. The number of carbonyl (C=O) groups excluding carboxylic acids is 1. The van der Waals surface area contributed by atoms with Crippen molar-refractivity contribution in [1.29, 1.82) is 15.8 Å². The van der Waals surface area contributed by atoms with Crippen molar-refractivity contribution < 1.29 is 4.79 Å². The number of aldehydes is 1. The molecule has 1 aromatic rings. The number of allylic oxidation sites excluding steroid dienone is 1. The van der Waals surface area contributed by atoms with Crippen LogP contribution in [-0.4, -0.2) is 6.29 Å². The minimum absolute atomic E-state index is 0.0714. The van der Waals surface area contributed by atoms with Crippen LogP contribution in [0.3, 0.4) is 0 Å². The number of thiophene rings is 1. The molecular weight excluding hydrogens is 210 g/mol. The minimum Gasteiger partial charge on any atom is -0.297 e. The van der Waals surface area contributed by atoms with E-state index in [1.54, 1.807) is 6.07 Å². The fourth-order valence-electron chi connectivity index (χ4n) is 0.911. The predicted molar refractivity (Wildman–Crippen MR) is 53.4 cm³/mol. The van der Waals surface area contributed by atoms with Crippen LogP contribution in [0.4, 0.5) is 0 Å². The topological polar surface area (TPSA) is 88.4 Å². The Kier molecular flexibility index (Phi) is 3.35. The molecule has 0 atom stereocenters. The van der Waals surface area contributed by atoms with Crippen molar-refractivity contribution in [3.8, 4) is 18.2 Å². The van der Waals surface area contributed by atoms with Crippen molar-refractivity contribution in [2.45, 2.75) is 0 Å². The molecule has 15 heavy (non-hydrogen) atoms. The lowest BCUT2D eigenvalue weighted by Gasteiger charge is -1.87. The lowest BCUT2D eigenvalue weighted by atomic mass is 10.1. The van der Waals surface area contributed by atoms with Gasteiger partial charge in [0.25, 0.3) is 0 Å². The van der Waals surface area contributed by atoms with E-state index in [-0.39, 0.29) is 16.7 Å². The van der Waals surface area contributed by atoms with Crippen molar-refractivity contribution in [3.63, 3.8) is 0 Å². The molecule has 5 heteroatoms. The third kappa shape index (κ3) is 2.08. The standard InChI is InChI=1S/C10H3N3OS/c11-2-7(5-14)1-10-9(4-13)8(3-12)6-15-10/h1,5-6H/b7-1+. The van der Waals surface area contributed by atoms with Crippen molar-refractivity contribution in [3.05, 3.63) is 27.0 Å². The Labute approximate surface area is 89.9 Å². The summed E-state index contributed by atoms with van der Waals surface area (Å²) in [6.45, 7) is 0. The molecule has 0 aromatic carbocycles. The second-order valence-electron chi connectivity index (χ2n) is 2.44. The van der Waals surface area contributed by atoms with Crippen molar-refractivity contribution >= 4 is 23.7 Å². The molecule has 1 aromatic heterocycles. The Morgan fingerprint density at radius 2 is 2.07 bits per heavy atom. The third-order valence-corrected chi connectivity index (χ3v) is 2.52. The third-order valence-electron chi connectivity index (χ3n) is 1.59. The van der Waals surface area contributed by atoms with Gasteiger partial charge >= 0.3 is 0 Å². The molecule has 0 aliphatic carbocycles. The highest BCUT2D eigenvalue weighted by Crippen LogP contribution is 2.23. The van der Waals surface area contributed by atoms with Gasteiger partial charge in [0.1, 0.15) is 18.2 Å². The fourth-order valence-corrected chi connectivity index (χ4v) is 1.79. The largest absolute Gasteiger partial charge is 0.297 e. The first-order valence-electron chi connectivity index (χ1n) is 3.75. The smallest absolute Gasteiger partial charge is 0.160 e. The highest BCUT2D eigenvalue weighted by atomic mass is 32.1. The Balaban J connectivity index is 3.32. The fraction of sp³-hybridized carbons (Fsp3) is 0. The maximum atomic E-state index is 10.4. The molecule has 0 radical (unpaired) electrons. The Bertz CT molecular complexity index is 549. The molecule has 0 unspecified atom stereocenters. The second-order valence-corrected chi connectivity index (χ2v) is 3.35. The van der Waals surface area contributed by atoms with Gasteiger partial charge in [-0.3, -0.25) is 4.79 Å². The first kappa shape index (κ1) is 10.7. The van der Waals surface area contributed by atoms with Crippen LogP contribution < -0.4 is 0 Å². The Morgan fingerprint density at radius 1 is 1.33 bits per heavy atom. The number of rotatable bonds is 2. The van der Waals surface area contributed by atoms with Gasteiger partial charge in [-0.25, -0.2) is 0 Å². The van der Waals surface area contributed by atoms with Crippen LogP contribution in [0, 0.1) is 34.0 Å². The molecule has 0 spiro atoms. The summed E-state index contributed by atoms with van der Waals surface area (Å²) >= 11 is 1.15. The normalized spacial score (nSPS) is 9.80. The molecule has 70 valence electrons. The number of nitrogens with zero attached hydrogens (tertiary/aromatic N) is 3. The van der Waals surface area contributed by atoms with Gasteiger partial charge in [0.2, 0.25) is 0 Å². The summed E-state index contributed by atoms with van der Waals surface area (Å²) in [6.07, 6.45) is 1.71. The summed E-state index contributed by atoms with van der Waals surface area (Å²) in [5, 5.41) is 27.5. The van der Waals surface area contributed by atoms with Crippen LogP contribution in [0.2, 0.25) is 0 Å². The monoisotopic (exact) mass is 213 g/mol. The molecule has 0 bridgehead atoms. The van der Waals surface area contributed by atoms with Crippen LogP contribution >= 0.6 is 11.3 Å². The van der Waals surface area contributed by atoms with E-state index in [1.807, 2.05) is 12.1 Å². The SMILES string of the molecule is N#C/C(C=O)=C\c1scc(C#N)c1C#N. The average molecular weight is 213 g/mol. The summed E-state index contributed by atoms with van der Waals surface area (Å²) < 4.78 is 0. The zero-order valence-corrected chi connectivity index (χ0v) is 8.21. The minimum atomic E-state index is -0.0714. The first-order valence-corrected chi connectivity index (χ1v) is 4.63. The number of hydrogen-bond acceptors (Lipinski definition) is 5. The van der Waals surface area contributed by atoms with Gasteiger partial charge < -0.3 is 0 Å². The van der Waals surface area contributed by atoms with Crippen molar-refractivity contribution in [2.24, 2.45) is 0 Å². The second kappa shape index (κ2) is 4.72. The zero-order valence-electron chi connectivity index (χ0n) is 7.39. The van der Waals surface area contributed by atoms with Gasteiger partial charge in [-0.1, -0.05) is 0 Å². The van der Waals surface area contributed by atoms with Crippen LogP contribution in [0.15, 0.2) is 11.0 Å². The van der Waals surface area contributed by atoms with Gasteiger partial charge in [0.15, 0.2) is 6.29 Å². The summed E-state index contributed by atoms with van der Waals surface area (Å²) in [5.74, 6) is 0. The first-order chi connectivity index (χ1) is 7.26. The van der Waals surface area contributed by atoms with Gasteiger partial charge in [0.05, 0.1) is 16.7 Å². The lowest BCUT2D eigenvalue weighted by molar-refractivity contribution is -0.104. The summed E-state index contributed by atoms with van der Waals surface area (Å²) in [6, 6.07) is 5.42. The van der Waals surface area contributed by atoms with Crippen LogP contribution in [-0.2, 0) is 4.79 Å². The summed E-state index contributed by atoms with van der Waals surface area (Å²) in [4.78, 5) is 10.8. The number of nitriles is 3. The van der Waals surface area contributed by atoms with Crippen LogP contribution in [0.1, 0.15) is 16.0 Å². The molecule has 4 nitrogen and oxygen atoms in total. The van der Waals surface area contributed by atoms with E-state index in [4.69, 9.17) is 15.8 Å². The van der Waals surface area contributed by atoms with E-state index in [0.717, 1.165) is 11.3 Å². The van der Waals surface area contributed by atoms with E-state index in [9.17, 15) is 4.79 Å². The molecule has 0 amide bonds. The van der Waals surface area contributed by atoms with E-state index < -0.39 is 0 Å². The number of hydrogen-bond donors (Lipinski definition) is 0. The van der Waals surface area contributed by atoms with E-state index >= 15 is 0 Å². The van der Waals surface area contributed by atoms with Crippen molar-refractivity contribution in [1.82, 2.24) is 0 Å². The molecule has 1 heterocycles. The van der Waals surface area contributed by atoms with Crippen LogP contribution in [0.25, 0.3) is 6.08 Å². The zero-order chi connectivity index (χ0) is 11.3. The molecule has 0 aliphatic rings. The molecule has 0 N–H and O–H groups in total. The van der Waals surface area contributed by atoms with Gasteiger partial charge in [-0.2, -0.15) is 15.8 Å². The van der Waals surface area contributed by atoms with Gasteiger partial charge in [0, 0.05) is 10.3 Å². The number of carbonyl (C=O) groups is 1. The quantitative estimate of drug-likeness (QED) is 0.424. The van der Waals surface area contributed by atoms with E-state index in [0.29, 0.717) is 11.2 Å². The van der Waals surface area contributed by atoms with Gasteiger partial charge in [-0.15, -0.1) is 11.3 Å². The molecule has 1 rings (SSSR count). The van der Waals surface area contributed by atoms with Gasteiger partial charge in [-0.05, 0) is 6.08 Å². The highest BCUT2D eigenvalue weighted by Gasteiger charge is 2.09. The molecule has 0 aliphatic heterocycles. The average Bonchev–Trinajstić information content (AvgIpc) is 2.67. The van der Waals surface area contributed by atoms with Crippen LogP contribution in [0.5, 0.6) is 0 Å². The highest BCUT2D eigenvalue weighted by molar-refractivity contribution is 7.11. The molecule has 0 saturated carbocycles. The van der Waals surface area contributed by atoms with E-state index in [2.05, 4.69) is 0 Å².